The van der Waals surface area contributed by atoms with E-state index in [1.807, 2.05) is 0 Å². The van der Waals surface area contributed by atoms with Crippen LogP contribution >= 0.6 is 11.6 Å². The summed E-state index contributed by atoms with van der Waals surface area (Å²) < 4.78 is 35.7. The Hall–Kier alpha value is -0.00364. The molecule has 0 saturated heterocycles. The molecule has 24 heavy (non-hydrogen) atoms. The number of hydrogen-bond acceptors (Lipinski definition) is 6. The van der Waals surface area contributed by atoms with Gasteiger partial charge in [0.1, 0.15) is 0 Å². The summed E-state index contributed by atoms with van der Waals surface area (Å²) in [6.07, 6.45) is 0.241. The van der Waals surface area contributed by atoms with Gasteiger partial charge in [-0.3, -0.25) is 9.08 Å². The number of carbonyl (C=O) groups excluding carboxylic acids is 1. The van der Waals surface area contributed by atoms with Gasteiger partial charge in [0.05, 0.1) is 16.4 Å². The van der Waals surface area contributed by atoms with Gasteiger partial charge >= 0.3 is 51.4 Å². The second-order valence-electron chi connectivity index (χ2n) is 6.11. The fourth-order valence-corrected chi connectivity index (χ4v) is 2.74. The maximum Gasteiger partial charge on any atom is 1.00 e. The summed E-state index contributed by atoms with van der Waals surface area (Å²) in [5, 5.41) is 3.74. The smallest absolute Gasteiger partial charge is 0.714 e. The normalized spacial score (nSPS) is 16.4. The molecule has 1 aromatic rings. The molecule has 1 aromatic carbocycles. The molecular formula is C14H16ClKN2O5S. The van der Waals surface area contributed by atoms with Crippen molar-refractivity contribution in [3.8, 4) is 0 Å². The van der Waals surface area contributed by atoms with Gasteiger partial charge in [-0.25, -0.2) is 0 Å². The minimum atomic E-state index is -4.94. The first-order valence-electron chi connectivity index (χ1n) is 6.83. The molecule has 0 atom stereocenters. The van der Waals surface area contributed by atoms with Crippen LogP contribution in [0.5, 0.6) is 0 Å². The molecule has 7 nitrogen and oxygen atoms in total. The Kier molecular flexibility index (Phi) is 7.46. The third-order valence-corrected chi connectivity index (χ3v) is 3.83. The summed E-state index contributed by atoms with van der Waals surface area (Å²) >= 11 is 6.22. The first kappa shape index (κ1) is 22.0. The van der Waals surface area contributed by atoms with Crippen LogP contribution in [-0.4, -0.2) is 31.1 Å². The van der Waals surface area contributed by atoms with Crippen LogP contribution in [0.3, 0.4) is 0 Å². The second kappa shape index (κ2) is 8.13. The molecule has 0 aromatic heterocycles. The molecule has 126 valence electrons. The Labute approximate surface area is 188 Å². The van der Waals surface area contributed by atoms with Crippen LogP contribution < -0.4 is 56.3 Å². The van der Waals surface area contributed by atoms with Gasteiger partial charge in [0.25, 0.3) is 10.4 Å². The zero-order valence-electron chi connectivity index (χ0n) is 13.9. The monoisotopic (exact) mass is 398 g/mol. The van der Waals surface area contributed by atoms with E-state index in [1.54, 1.807) is 43.9 Å². The molecule has 0 aliphatic carbocycles. The van der Waals surface area contributed by atoms with Crippen LogP contribution in [0, 0.1) is 5.41 Å². The molecule has 1 heterocycles. The summed E-state index contributed by atoms with van der Waals surface area (Å²) in [6, 6.07) is 4.91. The number of oxime groups is 1. The van der Waals surface area contributed by atoms with Gasteiger partial charge in [-0.2, -0.15) is 8.42 Å². The number of fused-ring (bicyclic) bond motifs is 1. The second-order valence-corrected chi connectivity index (χ2v) is 7.49. The van der Waals surface area contributed by atoms with Gasteiger partial charge in [0.2, 0.25) is 5.91 Å². The third kappa shape index (κ3) is 5.25. The standard InChI is InChI=1S/C14H17ClN2O5S.K/c1-14(2,3)13(18)17-8-7-11(16-22-23(19,20)21)9-5-4-6-10(15)12(9)17;/h4-6H,7-8H2,1-3H3,(H,19,20,21);/q;+1/p-1/b16-11-;. The number of para-hydroxylation sites is 1. The first-order chi connectivity index (χ1) is 10.5. The van der Waals surface area contributed by atoms with Crippen molar-refractivity contribution < 1.29 is 73.4 Å². The van der Waals surface area contributed by atoms with E-state index < -0.39 is 15.8 Å². The predicted molar refractivity (Wildman–Crippen MR) is 85.2 cm³/mol. The van der Waals surface area contributed by atoms with Crippen LogP contribution in [0.2, 0.25) is 5.02 Å². The fraction of sp³-hybridized carbons (Fsp3) is 0.429. The zero-order valence-corrected chi connectivity index (χ0v) is 18.6. The van der Waals surface area contributed by atoms with Crippen molar-refractivity contribution in [3.05, 3.63) is 28.8 Å². The van der Waals surface area contributed by atoms with Gasteiger partial charge in [-0.1, -0.05) is 49.7 Å². The molecule has 1 amide bonds. The first-order valence-corrected chi connectivity index (χ1v) is 8.54. The van der Waals surface area contributed by atoms with E-state index in [2.05, 4.69) is 9.44 Å². The number of rotatable bonds is 2. The number of nitrogens with zero attached hydrogens (tertiary/aromatic N) is 2. The summed E-state index contributed by atoms with van der Waals surface area (Å²) in [5.41, 5.74) is 0.538. The van der Waals surface area contributed by atoms with Gasteiger partial charge in [0.15, 0.2) is 0 Å². The van der Waals surface area contributed by atoms with Crippen molar-refractivity contribution in [2.75, 3.05) is 11.4 Å². The molecule has 0 fully saturated rings. The van der Waals surface area contributed by atoms with Gasteiger partial charge in [0, 0.05) is 23.9 Å². The maximum atomic E-state index is 12.6. The van der Waals surface area contributed by atoms with Crippen molar-refractivity contribution in [1.29, 1.82) is 0 Å². The maximum absolute atomic E-state index is 12.6. The Morgan fingerprint density at radius 2 is 2.00 bits per heavy atom. The largest absolute Gasteiger partial charge is 1.00 e. The predicted octanol–water partition coefficient (Wildman–Crippen LogP) is -0.692. The van der Waals surface area contributed by atoms with E-state index in [0.717, 1.165) is 0 Å². The molecule has 10 heteroatoms. The van der Waals surface area contributed by atoms with Gasteiger partial charge in [-0.15, -0.1) is 0 Å². The zero-order chi connectivity index (χ0) is 17.4. The minimum Gasteiger partial charge on any atom is -0.714 e. The number of halogens is 1. The Morgan fingerprint density at radius 1 is 1.38 bits per heavy atom. The molecule has 1 aliphatic heterocycles. The molecule has 0 spiro atoms. The summed E-state index contributed by atoms with van der Waals surface area (Å²) in [4.78, 5) is 14.2. The summed E-state index contributed by atoms with van der Waals surface area (Å²) in [6.45, 7) is 5.64. The topological polar surface area (TPSA) is 99.1 Å². The molecule has 0 bridgehead atoms. The molecule has 0 saturated carbocycles. The minimum absolute atomic E-state index is 0. The van der Waals surface area contributed by atoms with Gasteiger partial charge < -0.3 is 9.45 Å². The average Bonchev–Trinajstić information content (AvgIpc) is 2.42. The number of anilines is 1. The van der Waals surface area contributed by atoms with E-state index >= 15 is 0 Å². The quantitative estimate of drug-likeness (QED) is 0.284. The molecule has 0 N–H and O–H groups in total. The molecule has 2 rings (SSSR count). The third-order valence-electron chi connectivity index (χ3n) is 3.27. The van der Waals surface area contributed by atoms with Gasteiger partial charge in [-0.05, 0) is 6.07 Å². The van der Waals surface area contributed by atoms with Crippen molar-refractivity contribution >= 4 is 39.3 Å². The summed E-state index contributed by atoms with van der Waals surface area (Å²) in [7, 11) is -4.94. The Morgan fingerprint density at radius 3 is 2.54 bits per heavy atom. The van der Waals surface area contributed by atoms with Crippen molar-refractivity contribution in [3.63, 3.8) is 0 Å². The molecule has 1 aliphatic rings. The molecular weight excluding hydrogens is 383 g/mol. The number of hydrogen-bond donors (Lipinski definition) is 0. The van der Waals surface area contributed by atoms with Crippen molar-refractivity contribution in [2.45, 2.75) is 27.2 Å². The van der Waals surface area contributed by atoms with E-state index in [1.165, 1.54) is 0 Å². The Bertz CT molecular complexity index is 774. The Balaban J connectivity index is 0.00000288. The SMILES string of the molecule is CC(C)(C)C(=O)N1CC/C(=N/OS(=O)(=O)[O-])c2cccc(Cl)c21.[K+]. The van der Waals surface area contributed by atoms with Crippen LogP contribution in [0.15, 0.2) is 23.4 Å². The fourth-order valence-electron chi connectivity index (χ4n) is 2.28. The van der Waals surface area contributed by atoms with E-state index in [9.17, 15) is 17.8 Å². The molecule has 0 unspecified atom stereocenters. The number of benzene rings is 1. The van der Waals surface area contributed by atoms with Crippen LogP contribution in [0.25, 0.3) is 0 Å². The van der Waals surface area contributed by atoms with Crippen LogP contribution in [-0.2, 0) is 19.5 Å². The average molecular weight is 399 g/mol. The van der Waals surface area contributed by atoms with E-state index in [-0.39, 0.29) is 76.0 Å². The van der Waals surface area contributed by atoms with E-state index in [0.29, 0.717) is 16.3 Å². The van der Waals surface area contributed by atoms with Crippen LogP contribution in [0.1, 0.15) is 32.8 Å². The summed E-state index contributed by atoms with van der Waals surface area (Å²) in [5.74, 6) is -0.122. The number of carbonyl (C=O) groups is 1. The molecule has 0 radical (unpaired) electrons. The van der Waals surface area contributed by atoms with E-state index in [4.69, 9.17) is 11.6 Å². The van der Waals surface area contributed by atoms with Crippen molar-refractivity contribution in [2.24, 2.45) is 10.6 Å². The van der Waals surface area contributed by atoms with Crippen LogP contribution in [0.4, 0.5) is 5.69 Å². The number of amides is 1. The van der Waals surface area contributed by atoms with Crippen molar-refractivity contribution in [1.82, 2.24) is 0 Å².